The third kappa shape index (κ3) is 3.68. The Balaban J connectivity index is 1.98. The van der Waals surface area contributed by atoms with Crippen LogP contribution >= 0.6 is 22.6 Å². The quantitative estimate of drug-likeness (QED) is 0.406. The fourth-order valence-corrected chi connectivity index (χ4v) is 3.44. The summed E-state index contributed by atoms with van der Waals surface area (Å²) < 4.78 is 2.67. The molecule has 27 heavy (non-hydrogen) atoms. The van der Waals surface area contributed by atoms with Gasteiger partial charge in [-0.15, -0.1) is 0 Å². The van der Waals surface area contributed by atoms with Gasteiger partial charge in [0.25, 0.3) is 5.56 Å². The van der Waals surface area contributed by atoms with Crippen LogP contribution in [0, 0.1) is 10.5 Å². The minimum Gasteiger partial charge on any atom is -0.268 e. The normalized spacial score (nSPS) is 11.3. The molecule has 2 aromatic heterocycles. The first kappa shape index (κ1) is 17.6. The number of hydrogen-bond acceptors (Lipinski definition) is 3. The first-order valence-corrected chi connectivity index (χ1v) is 9.57. The molecule has 0 N–H and O–H groups in total. The van der Waals surface area contributed by atoms with Crippen molar-refractivity contribution in [1.82, 2.24) is 14.5 Å². The van der Waals surface area contributed by atoms with E-state index in [1.807, 2.05) is 73.7 Å². The van der Waals surface area contributed by atoms with Gasteiger partial charge in [0.05, 0.1) is 16.6 Å². The Morgan fingerprint density at radius 3 is 2.70 bits per heavy atom. The van der Waals surface area contributed by atoms with E-state index < -0.39 is 0 Å². The number of nitrogens with zero attached hydrogens (tertiary/aromatic N) is 3. The summed E-state index contributed by atoms with van der Waals surface area (Å²) in [5, 5.41) is 0.613. The molecule has 132 valence electrons. The summed E-state index contributed by atoms with van der Waals surface area (Å²) in [6, 6.07) is 17.4. The van der Waals surface area contributed by atoms with Gasteiger partial charge in [-0.1, -0.05) is 18.2 Å². The summed E-state index contributed by atoms with van der Waals surface area (Å²) in [7, 11) is 0. The zero-order valence-electron chi connectivity index (χ0n) is 14.6. The third-order valence-electron chi connectivity index (χ3n) is 4.23. The summed E-state index contributed by atoms with van der Waals surface area (Å²) >= 11 is 2.21. The second-order valence-corrected chi connectivity index (χ2v) is 7.48. The molecule has 0 amide bonds. The summed E-state index contributed by atoms with van der Waals surface area (Å²) in [5.41, 5.74) is 3.46. The summed E-state index contributed by atoms with van der Waals surface area (Å²) in [5.74, 6) is 0.586. The molecule has 0 spiro atoms. The predicted molar refractivity (Wildman–Crippen MR) is 118 cm³/mol. The third-order valence-corrected chi connectivity index (χ3v) is 4.90. The van der Waals surface area contributed by atoms with Gasteiger partial charge in [0.15, 0.2) is 0 Å². The highest BCUT2D eigenvalue weighted by Crippen LogP contribution is 2.18. The van der Waals surface area contributed by atoms with E-state index in [1.54, 1.807) is 17.0 Å². The van der Waals surface area contributed by atoms with Gasteiger partial charge in [-0.2, -0.15) is 0 Å². The van der Waals surface area contributed by atoms with Crippen LogP contribution < -0.4 is 5.56 Å². The smallest absolute Gasteiger partial charge is 0.266 e. The van der Waals surface area contributed by atoms with Crippen molar-refractivity contribution in [2.75, 3.05) is 0 Å². The van der Waals surface area contributed by atoms with Crippen molar-refractivity contribution in [3.05, 3.63) is 97.9 Å². The first-order valence-electron chi connectivity index (χ1n) is 8.49. The highest BCUT2D eigenvalue weighted by molar-refractivity contribution is 14.1. The van der Waals surface area contributed by atoms with Crippen molar-refractivity contribution in [3.63, 3.8) is 0 Å². The minimum absolute atomic E-state index is 0.0741. The van der Waals surface area contributed by atoms with E-state index in [-0.39, 0.29) is 5.56 Å². The summed E-state index contributed by atoms with van der Waals surface area (Å²) in [6.45, 7) is 2.01. The second kappa shape index (κ2) is 7.44. The number of rotatable bonds is 3. The van der Waals surface area contributed by atoms with Gasteiger partial charge in [0.2, 0.25) is 0 Å². The fraction of sp³-hybridized carbons (Fsp3) is 0.0455. The van der Waals surface area contributed by atoms with Crippen molar-refractivity contribution in [2.24, 2.45) is 0 Å². The number of hydrogen-bond donors (Lipinski definition) is 0. The van der Waals surface area contributed by atoms with Gasteiger partial charge < -0.3 is 0 Å². The second-order valence-electron chi connectivity index (χ2n) is 6.23. The van der Waals surface area contributed by atoms with Crippen LogP contribution in [0.2, 0.25) is 0 Å². The topological polar surface area (TPSA) is 47.8 Å². The molecule has 4 aromatic rings. The maximum atomic E-state index is 13.3. The Bertz CT molecular complexity index is 1210. The monoisotopic (exact) mass is 465 g/mol. The number of halogens is 1. The Hall–Kier alpha value is -2.80. The molecule has 2 aromatic carbocycles. The number of aryl methyl sites for hydroxylation is 1. The highest BCUT2D eigenvalue weighted by Gasteiger charge is 2.11. The lowest BCUT2D eigenvalue weighted by molar-refractivity contribution is 0.942. The lowest BCUT2D eigenvalue weighted by Crippen LogP contribution is -2.22. The van der Waals surface area contributed by atoms with E-state index in [1.165, 1.54) is 0 Å². The van der Waals surface area contributed by atoms with Crippen molar-refractivity contribution in [2.45, 2.75) is 6.92 Å². The van der Waals surface area contributed by atoms with E-state index >= 15 is 0 Å². The Labute approximate surface area is 170 Å². The molecular formula is C22H16IN3O. The van der Waals surface area contributed by atoms with E-state index in [4.69, 9.17) is 4.98 Å². The fourth-order valence-electron chi connectivity index (χ4n) is 2.95. The molecule has 0 saturated carbocycles. The molecular weight excluding hydrogens is 449 g/mol. The van der Waals surface area contributed by atoms with Crippen LogP contribution in [0.1, 0.15) is 17.0 Å². The maximum absolute atomic E-state index is 13.3. The molecule has 2 heterocycles. The molecule has 0 aliphatic heterocycles. The maximum Gasteiger partial charge on any atom is 0.266 e. The van der Waals surface area contributed by atoms with Gasteiger partial charge in [-0.3, -0.25) is 14.3 Å². The Kier molecular flexibility index (Phi) is 4.85. The molecule has 0 radical (unpaired) electrons. The highest BCUT2D eigenvalue weighted by atomic mass is 127. The summed E-state index contributed by atoms with van der Waals surface area (Å²) in [6.07, 6.45) is 7.28. The van der Waals surface area contributed by atoms with Gasteiger partial charge in [-0.25, -0.2) is 4.98 Å². The number of benzene rings is 2. The molecule has 0 bridgehead atoms. The molecule has 5 heteroatoms. The molecule has 0 atom stereocenters. The zero-order valence-corrected chi connectivity index (χ0v) is 16.8. The van der Waals surface area contributed by atoms with Gasteiger partial charge >= 0.3 is 0 Å². The molecule has 4 rings (SSSR count). The van der Waals surface area contributed by atoms with E-state index in [9.17, 15) is 4.79 Å². The van der Waals surface area contributed by atoms with E-state index in [0.717, 1.165) is 20.4 Å². The Morgan fingerprint density at radius 1 is 1.04 bits per heavy atom. The largest absolute Gasteiger partial charge is 0.268 e. The van der Waals surface area contributed by atoms with E-state index in [2.05, 4.69) is 27.6 Å². The van der Waals surface area contributed by atoms with Crippen LogP contribution in [0.15, 0.2) is 71.8 Å². The number of pyridine rings is 1. The van der Waals surface area contributed by atoms with Crippen LogP contribution in [0.5, 0.6) is 0 Å². The lowest BCUT2D eigenvalue weighted by Gasteiger charge is -2.12. The molecule has 0 fully saturated rings. The van der Waals surface area contributed by atoms with Crippen molar-refractivity contribution < 1.29 is 0 Å². The molecule has 0 aliphatic carbocycles. The van der Waals surface area contributed by atoms with Crippen molar-refractivity contribution in [1.29, 1.82) is 0 Å². The number of aromatic nitrogens is 3. The van der Waals surface area contributed by atoms with Crippen LogP contribution in [0.25, 0.3) is 28.7 Å². The molecule has 0 aliphatic rings. The van der Waals surface area contributed by atoms with Gasteiger partial charge in [-0.05, 0) is 89.2 Å². The molecule has 0 saturated heterocycles. The lowest BCUT2D eigenvalue weighted by atomic mass is 10.2. The van der Waals surface area contributed by atoms with Crippen molar-refractivity contribution in [3.8, 4) is 5.69 Å². The number of fused-ring (bicyclic) bond motifs is 1. The molecule has 0 unspecified atom stereocenters. The van der Waals surface area contributed by atoms with Crippen LogP contribution in [0.4, 0.5) is 0 Å². The van der Waals surface area contributed by atoms with E-state index in [0.29, 0.717) is 16.7 Å². The van der Waals surface area contributed by atoms with Crippen LogP contribution in [-0.2, 0) is 0 Å². The SMILES string of the molecule is Cc1cccc(-n2c(/C=C/c3cccnc3)nc3ccc(I)cc3c2=O)c1. The van der Waals surface area contributed by atoms with Crippen LogP contribution in [0.3, 0.4) is 0 Å². The zero-order chi connectivity index (χ0) is 18.8. The average molecular weight is 465 g/mol. The van der Waals surface area contributed by atoms with Crippen molar-refractivity contribution >= 4 is 45.6 Å². The summed E-state index contributed by atoms with van der Waals surface area (Å²) in [4.78, 5) is 22.2. The standard InChI is InChI=1S/C22H16IN3O/c1-15-4-2-6-18(12-15)26-21(10-7-16-5-3-11-24-14-16)25-20-9-8-17(23)13-19(20)22(26)27/h2-14H,1H3/b10-7+. The molecule has 4 nitrogen and oxygen atoms in total. The van der Waals surface area contributed by atoms with Gasteiger partial charge in [0, 0.05) is 16.0 Å². The predicted octanol–water partition coefficient (Wildman–Crippen LogP) is 4.86. The van der Waals surface area contributed by atoms with Gasteiger partial charge in [0.1, 0.15) is 5.82 Å². The Morgan fingerprint density at radius 2 is 1.93 bits per heavy atom. The minimum atomic E-state index is -0.0741. The van der Waals surface area contributed by atoms with Crippen LogP contribution in [-0.4, -0.2) is 14.5 Å². The average Bonchev–Trinajstić information content (AvgIpc) is 2.68. The first-order chi connectivity index (χ1) is 13.1.